The van der Waals surface area contributed by atoms with E-state index in [4.69, 9.17) is 14.2 Å². The van der Waals surface area contributed by atoms with E-state index in [1.165, 1.54) is 7.11 Å². The number of likely N-dealkylation sites (tertiary alicyclic amines) is 1. The first-order valence-corrected chi connectivity index (χ1v) is 10.5. The predicted octanol–water partition coefficient (Wildman–Crippen LogP) is 4.44. The highest BCUT2D eigenvalue weighted by Gasteiger charge is 2.49. The Kier molecular flexibility index (Phi) is 7.65. The summed E-state index contributed by atoms with van der Waals surface area (Å²) >= 11 is 0. The molecular weight excluding hydrogens is 457 g/mol. The first-order valence-electron chi connectivity index (χ1n) is 10.5. The summed E-state index contributed by atoms with van der Waals surface area (Å²) in [5.41, 5.74) is -0.325. The van der Waals surface area contributed by atoms with Gasteiger partial charge in [0, 0.05) is 18.2 Å². The van der Waals surface area contributed by atoms with Crippen LogP contribution in [0, 0.1) is 0 Å². The molecule has 2 aromatic rings. The molecule has 2 heterocycles. The molecule has 1 aliphatic heterocycles. The number of alkyl halides is 3. The number of ether oxygens (including phenoxy) is 3. The van der Waals surface area contributed by atoms with Gasteiger partial charge in [-0.1, -0.05) is 30.3 Å². The SMILES string of the molecule is COc1ncc(C(F)(F)F)cc1COC1C[C@@H](C(=O)O)N(C(=O)OC(C)C)C1c1ccccc1. The van der Waals surface area contributed by atoms with Crippen molar-refractivity contribution in [1.29, 1.82) is 0 Å². The standard InChI is InChI=1S/C23H25F3N2O6/c1-13(2)34-22(31)28-17(21(29)30)10-18(19(28)14-7-5-4-6-8-14)33-12-15-9-16(23(24,25)26)11-27-20(15)32-3/h4-9,11,13,17-19H,10,12H2,1-3H3,(H,29,30)/t17-,18?,19?/m0/s1. The molecule has 8 nitrogen and oxygen atoms in total. The minimum Gasteiger partial charge on any atom is -0.481 e. The van der Waals surface area contributed by atoms with Gasteiger partial charge in [0.25, 0.3) is 0 Å². The number of amides is 1. The van der Waals surface area contributed by atoms with E-state index in [-0.39, 0.29) is 24.5 Å². The second-order valence-electron chi connectivity index (χ2n) is 8.02. The van der Waals surface area contributed by atoms with E-state index in [1.54, 1.807) is 44.2 Å². The van der Waals surface area contributed by atoms with Gasteiger partial charge < -0.3 is 19.3 Å². The van der Waals surface area contributed by atoms with Crippen LogP contribution in [0.4, 0.5) is 18.0 Å². The lowest BCUT2D eigenvalue weighted by molar-refractivity contribution is -0.142. The highest BCUT2D eigenvalue weighted by molar-refractivity contribution is 5.81. The zero-order valence-corrected chi connectivity index (χ0v) is 18.8. The number of carboxylic acid groups (broad SMARTS) is 1. The third-order valence-electron chi connectivity index (χ3n) is 5.32. The van der Waals surface area contributed by atoms with E-state index in [0.717, 1.165) is 11.0 Å². The highest BCUT2D eigenvalue weighted by Crippen LogP contribution is 2.40. The van der Waals surface area contributed by atoms with Gasteiger partial charge in [0.2, 0.25) is 5.88 Å². The van der Waals surface area contributed by atoms with Crippen molar-refractivity contribution in [3.05, 3.63) is 59.3 Å². The molecule has 1 aliphatic rings. The third-order valence-corrected chi connectivity index (χ3v) is 5.32. The molecule has 0 radical (unpaired) electrons. The average Bonchev–Trinajstić information content (AvgIpc) is 3.17. The number of halogens is 3. The van der Waals surface area contributed by atoms with Crippen molar-refractivity contribution >= 4 is 12.1 Å². The Morgan fingerprint density at radius 3 is 2.47 bits per heavy atom. The maximum absolute atomic E-state index is 13.2. The zero-order valence-electron chi connectivity index (χ0n) is 18.8. The molecule has 1 N–H and O–H groups in total. The average molecular weight is 482 g/mol. The van der Waals surface area contributed by atoms with Crippen molar-refractivity contribution in [1.82, 2.24) is 9.88 Å². The van der Waals surface area contributed by atoms with Crippen LogP contribution in [0.2, 0.25) is 0 Å². The lowest BCUT2D eigenvalue weighted by Gasteiger charge is -2.30. The normalized spacial score (nSPS) is 20.4. The van der Waals surface area contributed by atoms with Crippen LogP contribution in [0.25, 0.3) is 0 Å². The molecule has 1 saturated heterocycles. The number of carbonyl (C=O) groups is 2. The minimum absolute atomic E-state index is 0.0409. The van der Waals surface area contributed by atoms with Gasteiger partial charge in [-0.15, -0.1) is 0 Å². The second-order valence-corrected chi connectivity index (χ2v) is 8.02. The number of hydrogen-bond acceptors (Lipinski definition) is 6. The molecule has 0 aliphatic carbocycles. The summed E-state index contributed by atoms with van der Waals surface area (Å²) in [7, 11) is 1.27. The summed E-state index contributed by atoms with van der Waals surface area (Å²) in [6.45, 7) is 2.94. The third kappa shape index (κ3) is 5.58. The van der Waals surface area contributed by atoms with Crippen molar-refractivity contribution in [3.8, 4) is 5.88 Å². The molecule has 184 valence electrons. The van der Waals surface area contributed by atoms with Crippen molar-refractivity contribution in [2.75, 3.05) is 7.11 Å². The fraction of sp³-hybridized carbons (Fsp3) is 0.435. The monoisotopic (exact) mass is 482 g/mol. The van der Waals surface area contributed by atoms with Crippen LogP contribution < -0.4 is 4.74 Å². The fourth-order valence-electron chi connectivity index (χ4n) is 3.88. The molecule has 2 unspecified atom stereocenters. The molecule has 11 heteroatoms. The number of pyridine rings is 1. The van der Waals surface area contributed by atoms with Gasteiger partial charge in [-0.2, -0.15) is 13.2 Å². The van der Waals surface area contributed by atoms with Crippen LogP contribution in [-0.4, -0.2) is 52.4 Å². The lowest BCUT2D eigenvalue weighted by atomic mass is 10.0. The zero-order chi connectivity index (χ0) is 25.0. The van der Waals surface area contributed by atoms with Gasteiger partial charge in [0.1, 0.15) is 6.04 Å². The van der Waals surface area contributed by atoms with Gasteiger partial charge in [0.05, 0.1) is 37.5 Å². The Hall–Kier alpha value is -3.34. The number of carbonyl (C=O) groups excluding carboxylic acids is 1. The van der Waals surface area contributed by atoms with Crippen molar-refractivity contribution in [3.63, 3.8) is 0 Å². The number of carboxylic acids is 1. The van der Waals surface area contributed by atoms with Gasteiger partial charge >= 0.3 is 18.2 Å². The summed E-state index contributed by atoms with van der Waals surface area (Å²) in [5.74, 6) is -1.29. The van der Waals surface area contributed by atoms with Gasteiger partial charge in [0.15, 0.2) is 0 Å². The van der Waals surface area contributed by atoms with E-state index >= 15 is 0 Å². The molecule has 0 saturated carbocycles. The van der Waals surface area contributed by atoms with Crippen molar-refractivity contribution < 1.29 is 42.1 Å². The number of methoxy groups -OCH3 is 1. The molecular formula is C23H25F3N2O6. The Labute approximate surface area is 194 Å². The van der Waals surface area contributed by atoms with E-state index in [9.17, 15) is 27.9 Å². The Morgan fingerprint density at radius 2 is 1.91 bits per heavy atom. The van der Waals surface area contributed by atoms with Crippen LogP contribution in [0.3, 0.4) is 0 Å². The lowest BCUT2D eigenvalue weighted by Crippen LogP contribution is -2.43. The van der Waals surface area contributed by atoms with Crippen LogP contribution in [0.5, 0.6) is 5.88 Å². The Bertz CT molecular complexity index is 1020. The molecule has 3 atom stereocenters. The molecule has 1 amide bonds. The van der Waals surface area contributed by atoms with Crippen molar-refractivity contribution in [2.45, 2.75) is 57.3 Å². The number of hydrogen-bond donors (Lipinski definition) is 1. The molecule has 1 aromatic heterocycles. The predicted molar refractivity (Wildman–Crippen MR) is 113 cm³/mol. The van der Waals surface area contributed by atoms with Gasteiger partial charge in [-0.25, -0.2) is 14.6 Å². The van der Waals surface area contributed by atoms with E-state index < -0.39 is 48.1 Å². The number of benzene rings is 1. The van der Waals surface area contributed by atoms with Gasteiger partial charge in [-0.3, -0.25) is 4.90 Å². The Balaban J connectivity index is 1.95. The topological polar surface area (TPSA) is 98.2 Å². The maximum Gasteiger partial charge on any atom is 0.417 e. The van der Waals surface area contributed by atoms with Crippen LogP contribution in [0.15, 0.2) is 42.6 Å². The summed E-state index contributed by atoms with van der Waals surface area (Å²) in [5, 5.41) is 9.78. The molecule has 0 spiro atoms. The first-order chi connectivity index (χ1) is 16.0. The summed E-state index contributed by atoms with van der Waals surface area (Å²) in [6, 6.07) is 7.44. The Morgan fingerprint density at radius 1 is 1.24 bits per heavy atom. The maximum atomic E-state index is 13.2. The van der Waals surface area contributed by atoms with Crippen molar-refractivity contribution in [2.24, 2.45) is 0 Å². The van der Waals surface area contributed by atoms with E-state index in [0.29, 0.717) is 11.8 Å². The molecule has 34 heavy (non-hydrogen) atoms. The summed E-state index contributed by atoms with van der Waals surface area (Å²) < 4.78 is 55.8. The smallest absolute Gasteiger partial charge is 0.417 e. The summed E-state index contributed by atoms with van der Waals surface area (Å²) in [6.07, 6.45) is -6.19. The molecule has 0 bridgehead atoms. The highest BCUT2D eigenvalue weighted by atomic mass is 19.4. The number of aliphatic carboxylic acids is 1. The minimum atomic E-state index is -4.61. The van der Waals surface area contributed by atoms with Crippen LogP contribution >= 0.6 is 0 Å². The molecule has 1 fully saturated rings. The second kappa shape index (κ2) is 10.3. The number of nitrogens with zero attached hydrogens (tertiary/aromatic N) is 2. The van der Waals surface area contributed by atoms with Crippen LogP contribution in [0.1, 0.15) is 43.0 Å². The first kappa shape index (κ1) is 25.3. The van der Waals surface area contributed by atoms with E-state index in [1.807, 2.05) is 0 Å². The van der Waals surface area contributed by atoms with E-state index in [2.05, 4.69) is 4.98 Å². The largest absolute Gasteiger partial charge is 0.481 e. The van der Waals surface area contributed by atoms with Gasteiger partial charge in [-0.05, 0) is 25.5 Å². The quantitative estimate of drug-likeness (QED) is 0.623. The number of rotatable bonds is 7. The van der Waals surface area contributed by atoms with Crippen LogP contribution in [-0.2, 0) is 27.1 Å². The molecule has 3 rings (SSSR count). The summed E-state index contributed by atoms with van der Waals surface area (Å²) in [4.78, 5) is 29.7. The molecule has 1 aromatic carbocycles. The number of aromatic nitrogens is 1. The fourth-order valence-corrected chi connectivity index (χ4v) is 3.88.